The van der Waals surface area contributed by atoms with Crippen LogP contribution in [0.5, 0.6) is 23.0 Å². The molecule has 9 heteroatoms. The van der Waals surface area contributed by atoms with E-state index in [2.05, 4.69) is 0 Å². The molecule has 0 aliphatic carbocycles. The van der Waals surface area contributed by atoms with E-state index in [-0.39, 0.29) is 32.3 Å². The summed E-state index contributed by atoms with van der Waals surface area (Å²) in [6.45, 7) is 7.11. The van der Waals surface area contributed by atoms with Gasteiger partial charge >= 0.3 is 0 Å². The minimum Gasteiger partial charge on any atom is -0.870 e. The predicted octanol–water partition coefficient (Wildman–Crippen LogP) is 1.72. The van der Waals surface area contributed by atoms with Crippen LogP contribution in [-0.2, 0) is 0 Å². The second kappa shape index (κ2) is 19.0. The SMILES string of the molecule is Cc1cccc(=O)c([O-])c1.Cc1cccc(=O)c([O-])c1.Cc1cccc(=O)c([O-])c1.Cc1cccc(=O)c([O-])c1.[Pa]. The molecule has 4 aromatic carbocycles. The van der Waals surface area contributed by atoms with Crippen LogP contribution < -0.4 is 42.1 Å². The van der Waals surface area contributed by atoms with E-state index in [1.165, 1.54) is 48.5 Å². The first kappa shape index (κ1) is 36.9. The van der Waals surface area contributed by atoms with Gasteiger partial charge in [0.05, 0.1) is 0 Å². The summed E-state index contributed by atoms with van der Waals surface area (Å²) < 4.78 is 0. The van der Waals surface area contributed by atoms with Crippen LogP contribution in [0.3, 0.4) is 0 Å². The fraction of sp³-hybridized carbons (Fsp3) is 0.125. The van der Waals surface area contributed by atoms with Crippen LogP contribution in [0.25, 0.3) is 0 Å². The molecule has 0 unspecified atom stereocenters. The van der Waals surface area contributed by atoms with Crippen LogP contribution in [0, 0.1) is 60.0 Å². The Morgan fingerprint density at radius 1 is 0.366 bits per heavy atom. The summed E-state index contributed by atoms with van der Waals surface area (Å²) in [5.41, 5.74) is 1.45. The van der Waals surface area contributed by atoms with Crippen LogP contribution in [0.2, 0.25) is 0 Å². The second-order valence-electron chi connectivity index (χ2n) is 8.57. The van der Waals surface area contributed by atoms with Crippen molar-refractivity contribution < 1.29 is 52.7 Å². The van der Waals surface area contributed by atoms with Gasteiger partial charge in [0, 0.05) is 32.3 Å². The summed E-state index contributed by atoms with van der Waals surface area (Å²) in [5.74, 6) is -1.77. The molecule has 0 saturated carbocycles. The molecule has 0 bridgehead atoms. The third-order valence-corrected chi connectivity index (χ3v) is 4.83. The summed E-state index contributed by atoms with van der Waals surface area (Å²) in [6.07, 6.45) is 0. The molecule has 0 aliphatic rings. The number of rotatable bonds is 0. The van der Waals surface area contributed by atoms with Crippen LogP contribution in [0.4, 0.5) is 0 Å². The van der Waals surface area contributed by atoms with Crippen LogP contribution in [0.1, 0.15) is 22.3 Å². The number of hydrogen-bond donors (Lipinski definition) is 0. The molecular weight excluding hydrogens is 743 g/mol. The van der Waals surface area contributed by atoms with Crippen molar-refractivity contribution in [1.29, 1.82) is 0 Å². The molecule has 4 rings (SSSR count). The van der Waals surface area contributed by atoms with Crippen molar-refractivity contribution in [2.75, 3.05) is 0 Å². The van der Waals surface area contributed by atoms with E-state index < -0.39 is 44.7 Å². The fourth-order valence-electron chi connectivity index (χ4n) is 2.78. The summed E-state index contributed by atoms with van der Waals surface area (Å²) in [6, 6.07) is 23.7. The third-order valence-electron chi connectivity index (χ3n) is 4.83. The Hall–Kier alpha value is -4.15. The number of hydrogen-bond acceptors (Lipinski definition) is 8. The first-order valence-electron chi connectivity index (χ1n) is 11.9. The van der Waals surface area contributed by atoms with Gasteiger partial charge in [0.2, 0.25) is 0 Å². The maximum atomic E-state index is 10.7. The first-order valence-corrected chi connectivity index (χ1v) is 11.9. The fourth-order valence-corrected chi connectivity index (χ4v) is 2.78. The van der Waals surface area contributed by atoms with Gasteiger partial charge in [-0.05, 0) is 52.0 Å². The Labute approximate surface area is 262 Å². The van der Waals surface area contributed by atoms with E-state index in [9.17, 15) is 39.6 Å². The van der Waals surface area contributed by atoms with Crippen molar-refractivity contribution in [3.63, 3.8) is 0 Å². The van der Waals surface area contributed by atoms with Crippen molar-refractivity contribution in [2.45, 2.75) is 27.7 Å². The molecule has 4 aromatic rings. The molecule has 0 amide bonds. The van der Waals surface area contributed by atoms with Gasteiger partial charge in [-0.1, -0.05) is 118 Å². The molecular formula is C32H28O8Pa-4. The molecule has 0 heterocycles. The van der Waals surface area contributed by atoms with Crippen LogP contribution in [-0.4, -0.2) is 0 Å². The standard InChI is InChI=1S/4C8H8O2.Pa/c4*1-6-3-2-4-7(9)8(10)5-6;/h4*2-5H,1H3,(H,9,10);/p-4. The molecule has 0 spiro atoms. The van der Waals surface area contributed by atoms with E-state index >= 15 is 0 Å². The quantitative estimate of drug-likeness (QED) is 0.261. The Morgan fingerprint density at radius 2 is 0.537 bits per heavy atom. The maximum Gasteiger partial charge on any atom is 0.170 e. The Bertz CT molecular complexity index is 1420. The van der Waals surface area contributed by atoms with Crippen LogP contribution >= 0.6 is 0 Å². The van der Waals surface area contributed by atoms with Crippen molar-refractivity contribution in [1.82, 2.24) is 0 Å². The Kier molecular flexibility index (Phi) is 17.1. The third kappa shape index (κ3) is 15.3. The van der Waals surface area contributed by atoms with Gasteiger partial charge < -0.3 is 20.4 Å². The summed E-state index contributed by atoms with van der Waals surface area (Å²) >= 11 is 0. The zero-order chi connectivity index (χ0) is 30.2. The van der Waals surface area contributed by atoms with E-state index in [0.717, 1.165) is 22.3 Å². The van der Waals surface area contributed by atoms with Gasteiger partial charge in [-0.2, -0.15) is 0 Å². The normalized spacial score (nSPS) is 9.07. The second-order valence-corrected chi connectivity index (χ2v) is 8.57. The molecule has 0 saturated heterocycles. The van der Waals surface area contributed by atoms with E-state index in [1.54, 1.807) is 76.2 Å². The Morgan fingerprint density at radius 3 is 0.707 bits per heavy atom. The molecule has 41 heavy (non-hydrogen) atoms. The van der Waals surface area contributed by atoms with Crippen molar-refractivity contribution in [2.24, 2.45) is 0 Å². The molecule has 0 atom stereocenters. The topological polar surface area (TPSA) is 161 Å². The van der Waals surface area contributed by atoms with E-state index in [4.69, 9.17) is 0 Å². The van der Waals surface area contributed by atoms with Gasteiger partial charge in [-0.15, -0.1) is 0 Å². The first-order chi connectivity index (χ1) is 18.8. The summed E-state index contributed by atoms with van der Waals surface area (Å²) in [7, 11) is 0. The van der Waals surface area contributed by atoms with Gasteiger partial charge in [-0.25, -0.2) is 0 Å². The molecule has 211 valence electrons. The minimum atomic E-state index is -0.451. The average Bonchev–Trinajstić information content (AvgIpc) is 3.26. The molecule has 0 N–H and O–H groups in total. The van der Waals surface area contributed by atoms with Crippen LogP contribution in [0.15, 0.2) is 116 Å². The number of aryl methyl sites for hydroxylation is 4. The molecule has 8 nitrogen and oxygen atoms in total. The van der Waals surface area contributed by atoms with Gasteiger partial charge in [0.25, 0.3) is 0 Å². The molecule has 0 aliphatic heterocycles. The summed E-state index contributed by atoms with van der Waals surface area (Å²) in [5, 5.41) is 42.9. The molecule has 0 aromatic heterocycles. The van der Waals surface area contributed by atoms with Crippen molar-refractivity contribution >= 4 is 0 Å². The van der Waals surface area contributed by atoms with E-state index in [0.29, 0.717) is 0 Å². The zero-order valence-corrected chi connectivity index (χ0v) is 27.9. The largest absolute Gasteiger partial charge is 0.870 e. The van der Waals surface area contributed by atoms with E-state index in [1.807, 2.05) is 0 Å². The van der Waals surface area contributed by atoms with Crippen molar-refractivity contribution in [3.05, 3.63) is 160 Å². The monoisotopic (exact) mass is 771 g/mol. The molecule has 1 radical (unpaired) electrons. The zero-order valence-electron chi connectivity index (χ0n) is 23.1. The van der Waals surface area contributed by atoms with Gasteiger partial charge in [-0.3, -0.25) is 19.2 Å². The Balaban J connectivity index is 0.000000516. The van der Waals surface area contributed by atoms with Gasteiger partial charge in [0.15, 0.2) is 21.7 Å². The van der Waals surface area contributed by atoms with Gasteiger partial charge in [0.1, 0.15) is 0 Å². The van der Waals surface area contributed by atoms with Crippen molar-refractivity contribution in [3.8, 4) is 23.0 Å². The smallest absolute Gasteiger partial charge is 0.170 e. The molecule has 0 fully saturated rings. The summed E-state index contributed by atoms with van der Waals surface area (Å²) in [4.78, 5) is 42.6. The average molecular weight is 772 g/mol. The maximum absolute atomic E-state index is 10.7. The predicted molar refractivity (Wildman–Crippen MR) is 148 cm³/mol. The minimum absolute atomic E-state index is 0.